The zero-order valence-corrected chi connectivity index (χ0v) is 16.1. The van der Waals surface area contributed by atoms with Crippen LogP contribution in [-0.2, 0) is 4.79 Å². The number of para-hydroxylation sites is 1. The van der Waals surface area contributed by atoms with Gasteiger partial charge in [-0.05, 0) is 67.6 Å². The number of aromatic nitrogens is 2. The minimum absolute atomic E-state index is 0.213. The summed E-state index contributed by atoms with van der Waals surface area (Å²) in [6.07, 6.45) is 3.45. The minimum Gasteiger partial charge on any atom is -0.315 e. The molecule has 0 spiro atoms. The molecule has 7 heteroatoms. The molecule has 5 nitrogen and oxygen atoms in total. The number of hydrogen-bond acceptors (Lipinski definition) is 4. The number of amidine groups is 1. The molecule has 1 aromatic carbocycles. The minimum atomic E-state index is -0.290. The zero-order chi connectivity index (χ0) is 19.7. The van der Waals surface area contributed by atoms with Gasteiger partial charge in [-0.15, -0.1) is 0 Å². The molecule has 1 N–H and O–H groups in total. The van der Waals surface area contributed by atoms with Crippen LogP contribution in [0.2, 0.25) is 0 Å². The number of aliphatic imine (C=N–C) groups is 1. The summed E-state index contributed by atoms with van der Waals surface area (Å²) in [5.41, 5.74) is 3.10. The number of pyridine rings is 1. The molecule has 140 valence electrons. The first-order valence-corrected chi connectivity index (χ1v) is 9.49. The van der Waals surface area contributed by atoms with Crippen LogP contribution in [0.3, 0.4) is 0 Å². The van der Waals surface area contributed by atoms with E-state index < -0.39 is 0 Å². The van der Waals surface area contributed by atoms with Crippen molar-refractivity contribution in [3.05, 3.63) is 82.4 Å². The van der Waals surface area contributed by atoms with Crippen LogP contribution in [0.5, 0.6) is 0 Å². The van der Waals surface area contributed by atoms with E-state index in [0.717, 1.165) is 17.0 Å². The number of benzene rings is 1. The third-order valence-electron chi connectivity index (χ3n) is 4.37. The van der Waals surface area contributed by atoms with Crippen molar-refractivity contribution < 1.29 is 9.18 Å². The Bertz CT molecular complexity index is 1120. The topological polar surface area (TPSA) is 59.3 Å². The van der Waals surface area contributed by atoms with E-state index in [0.29, 0.717) is 21.6 Å². The highest BCUT2D eigenvalue weighted by Crippen LogP contribution is 2.30. The molecule has 1 fully saturated rings. The van der Waals surface area contributed by atoms with E-state index in [1.807, 2.05) is 30.5 Å². The van der Waals surface area contributed by atoms with Gasteiger partial charge in [-0.2, -0.15) is 0 Å². The van der Waals surface area contributed by atoms with E-state index in [4.69, 9.17) is 0 Å². The second-order valence-corrected chi connectivity index (χ2v) is 7.31. The van der Waals surface area contributed by atoms with E-state index in [1.54, 1.807) is 42.6 Å². The van der Waals surface area contributed by atoms with Gasteiger partial charge >= 0.3 is 0 Å². The van der Waals surface area contributed by atoms with Gasteiger partial charge in [-0.25, -0.2) is 14.4 Å². The lowest BCUT2D eigenvalue weighted by atomic mass is 10.2. The van der Waals surface area contributed by atoms with Crippen molar-refractivity contribution >= 4 is 34.7 Å². The maximum atomic E-state index is 14.2. The summed E-state index contributed by atoms with van der Waals surface area (Å²) in [7, 11) is 0. The van der Waals surface area contributed by atoms with Crippen LogP contribution in [0.15, 0.2) is 64.6 Å². The molecular formula is C21H17FN4OS. The van der Waals surface area contributed by atoms with Crippen molar-refractivity contribution in [2.75, 3.05) is 0 Å². The second-order valence-electron chi connectivity index (χ2n) is 6.28. The molecule has 4 rings (SSSR count). The van der Waals surface area contributed by atoms with E-state index in [9.17, 15) is 9.18 Å². The fourth-order valence-corrected chi connectivity index (χ4v) is 3.90. The van der Waals surface area contributed by atoms with Crippen LogP contribution >= 0.6 is 11.8 Å². The van der Waals surface area contributed by atoms with E-state index in [2.05, 4.69) is 15.3 Å². The monoisotopic (exact) mass is 392 g/mol. The standard InChI is InChI=1S/C21H17FN4OS/c1-13-11-15(14(2)26(13)17-8-4-3-7-16(17)22)12-18-20(27)25-21(28-18)24-19-9-5-6-10-23-19/h3-12H,1-2H3,(H,23,24,25,27)/b18-12-. The molecule has 0 atom stereocenters. The SMILES string of the molecule is Cc1cc(/C=C2\S/C(=N\c3ccccn3)NC2=O)c(C)n1-c1ccccc1F. The highest BCUT2D eigenvalue weighted by atomic mass is 32.2. The van der Waals surface area contributed by atoms with Gasteiger partial charge < -0.3 is 9.88 Å². The summed E-state index contributed by atoms with van der Waals surface area (Å²) in [5, 5.41) is 3.24. The first-order valence-electron chi connectivity index (χ1n) is 8.67. The number of carbonyl (C=O) groups is 1. The molecule has 1 amide bonds. The maximum absolute atomic E-state index is 14.2. The number of rotatable bonds is 3. The lowest BCUT2D eigenvalue weighted by Crippen LogP contribution is -2.19. The van der Waals surface area contributed by atoms with Crippen molar-refractivity contribution in [2.45, 2.75) is 13.8 Å². The molecule has 1 saturated heterocycles. The third-order valence-corrected chi connectivity index (χ3v) is 5.28. The maximum Gasteiger partial charge on any atom is 0.264 e. The number of halogens is 1. The number of amides is 1. The summed E-state index contributed by atoms with van der Waals surface area (Å²) in [5.74, 6) is 0.0286. The highest BCUT2D eigenvalue weighted by Gasteiger charge is 2.25. The molecule has 3 aromatic rings. The predicted octanol–water partition coefficient (Wildman–Crippen LogP) is 4.52. The quantitative estimate of drug-likeness (QED) is 0.667. The normalized spacial score (nSPS) is 16.8. The molecule has 0 aliphatic carbocycles. The number of nitrogens with one attached hydrogen (secondary N) is 1. The van der Waals surface area contributed by atoms with Crippen molar-refractivity contribution in [2.24, 2.45) is 4.99 Å². The Kier molecular flexibility index (Phi) is 4.83. The Morgan fingerprint density at radius 2 is 1.96 bits per heavy atom. The predicted molar refractivity (Wildman–Crippen MR) is 110 cm³/mol. The molecule has 0 bridgehead atoms. The molecular weight excluding hydrogens is 375 g/mol. The fourth-order valence-electron chi connectivity index (χ4n) is 3.08. The Labute approximate surface area is 166 Å². The average molecular weight is 392 g/mol. The van der Waals surface area contributed by atoms with Gasteiger partial charge in [0.1, 0.15) is 5.82 Å². The Morgan fingerprint density at radius 1 is 1.18 bits per heavy atom. The third kappa shape index (κ3) is 3.48. The van der Waals surface area contributed by atoms with Crippen LogP contribution in [0.1, 0.15) is 17.0 Å². The van der Waals surface area contributed by atoms with Crippen molar-refractivity contribution in [1.82, 2.24) is 14.9 Å². The van der Waals surface area contributed by atoms with Gasteiger partial charge in [0.15, 0.2) is 11.0 Å². The summed E-state index contributed by atoms with van der Waals surface area (Å²) < 4.78 is 16.1. The molecule has 0 saturated carbocycles. The lowest BCUT2D eigenvalue weighted by molar-refractivity contribution is -0.115. The van der Waals surface area contributed by atoms with Crippen molar-refractivity contribution in [3.8, 4) is 5.69 Å². The summed E-state index contributed by atoms with van der Waals surface area (Å²) in [6, 6.07) is 14.0. The molecule has 28 heavy (non-hydrogen) atoms. The van der Waals surface area contributed by atoms with Gasteiger partial charge in [0.2, 0.25) is 0 Å². The number of aryl methyl sites for hydroxylation is 1. The summed E-state index contributed by atoms with van der Waals surface area (Å²) in [6.45, 7) is 3.82. The Balaban J connectivity index is 1.67. The fraction of sp³-hybridized carbons (Fsp3) is 0.0952. The molecule has 0 unspecified atom stereocenters. The summed E-state index contributed by atoms with van der Waals surface area (Å²) in [4.78, 5) is 21.4. The molecule has 1 aliphatic heterocycles. The average Bonchev–Trinajstić information content (AvgIpc) is 3.15. The highest BCUT2D eigenvalue weighted by molar-refractivity contribution is 8.18. The first kappa shape index (κ1) is 18.2. The number of carbonyl (C=O) groups excluding carboxylic acids is 1. The molecule has 0 radical (unpaired) electrons. The Hall–Kier alpha value is -3.19. The summed E-state index contributed by atoms with van der Waals surface area (Å²) >= 11 is 1.26. The van der Waals surface area contributed by atoms with Crippen LogP contribution < -0.4 is 5.32 Å². The molecule has 2 aromatic heterocycles. The number of hydrogen-bond donors (Lipinski definition) is 1. The number of thioether (sulfide) groups is 1. The van der Waals surface area contributed by atoms with Gasteiger partial charge in [-0.1, -0.05) is 18.2 Å². The van der Waals surface area contributed by atoms with Crippen LogP contribution in [0.4, 0.5) is 10.2 Å². The van der Waals surface area contributed by atoms with Gasteiger partial charge in [0.05, 0.1) is 10.6 Å². The molecule has 3 heterocycles. The Morgan fingerprint density at radius 3 is 2.71 bits per heavy atom. The van der Waals surface area contributed by atoms with Crippen molar-refractivity contribution in [3.63, 3.8) is 0 Å². The lowest BCUT2D eigenvalue weighted by Gasteiger charge is -2.10. The van der Waals surface area contributed by atoms with Crippen molar-refractivity contribution in [1.29, 1.82) is 0 Å². The van der Waals surface area contributed by atoms with Crippen LogP contribution in [0.25, 0.3) is 11.8 Å². The smallest absolute Gasteiger partial charge is 0.264 e. The van der Waals surface area contributed by atoms with Gasteiger partial charge in [0, 0.05) is 17.6 Å². The first-order chi connectivity index (χ1) is 13.5. The largest absolute Gasteiger partial charge is 0.315 e. The van der Waals surface area contributed by atoms with E-state index in [1.165, 1.54) is 17.8 Å². The zero-order valence-electron chi connectivity index (χ0n) is 15.3. The number of nitrogens with zero attached hydrogens (tertiary/aromatic N) is 3. The van der Waals surface area contributed by atoms with Crippen LogP contribution in [-0.4, -0.2) is 20.6 Å². The van der Waals surface area contributed by atoms with E-state index >= 15 is 0 Å². The van der Waals surface area contributed by atoms with E-state index in [-0.39, 0.29) is 11.7 Å². The molecule has 1 aliphatic rings. The van der Waals surface area contributed by atoms with Gasteiger partial charge in [0.25, 0.3) is 5.91 Å². The van der Waals surface area contributed by atoms with Gasteiger partial charge in [-0.3, -0.25) is 4.79 Å². The second kappa shape index (κ2) is 7.44. The van der Waals surface area contributed by atoms with Crippen LogP contribution in [0, 0.1) is 19.7 Å².